The van der Waals surface area contributed by atoms with E-state index >= 15 is 0 Å². The SMILES string of the molecule is CC(C)(C)OC(=O)c1nc2ccccc2cc1-c1ccc(F)cc1C1CC1. The fourth-order valence-corrected chi connectivity index (χ4v) is 3.31. The number of hydrogen-bond acceptors (Lipinski definition) is 3. The van der Waals surface area contributed by atoms with Crippen molar-refractivity contribution in [2.24, 2.45) is 0 Å². The van der Waals surface area contributed by atoms with Gasteiger partial charge in [-0.2, -0.15) is 0 Å². The van der Waals surface area contributed by atoms with Crippen LogP contribution in [-0.4, -0.2) is 16.6 Å². The smallest absolute Gasteiger partial charge is 0.358 e. The molecule has 0 amide bonds. The number of para-hydroxylation sites is 1. The van der Waals surface area contributed by atoms with Gasteiger partial charge >= 0.3 is 5.97 Å². The van der Waals surface area contributed by atoms with Crippen LogP contribution in [0.2, 0.25) is 0 Å². The molecule has 0 saturated heterocycles. The highest BCUT2D eigenvalue weighted by Gasteiger charge is 2.30. The number of halogens is 1. The Morgan fingerprint density at radius 2 is 1.81 bits per heavy atom. The van der Waals surface area contributed by atoms with Crippen molar-refractivity contribution < 1.29 is 13.9 Å². The lowest BCUT2D eigenvalue weighted by Crippen LogP contribution is -2.25. The highest BCUT2D eigenvalue weighted by molar-refractivity contribution is 6.00. The van der Waals surface area contributed by atoms with E-state index in [1.807, 2.05) is 51.1 Å². The summed E-state index contributed by atoms with van der Waals surface area (Å²) >= 11 is 0. The molecule has 1 aliphatic carbocycles. The van der Waals surface area contributed by atoms with Crippen LogP contribution >= 0.6 is 0 Å². The number of carbonyl (C=O) groups excluding carboxylic acids is 1. The first-order valence-electron chi connectivity index (χ1n) is 9.25. The Morgan fingerprint density at radius 1 is 1.07 bits per heavy atom. The zero-order valence-corrected chi connectivity index (χ0v) is 15.8. The van der Waals surface area contributed by atoms with Crippen molar-refractivity contribution in [2.45, 2.75) is 45.1 Å². The van der Waals surface area contributed by atoms with E-state index < -0.39 is 11.6 Å². The summed E-state index contributed by atoms with van der Waals surface area (Å²) in [7, 11) is 0. The number of rotatable bonds is 3. The molecule has 4 rings (SSSR count). The lowest BCUT2D eigenvalue weighted by Gasteiger charge is -2.21. The average Bonchev–Trinajstić information content (AvgIpc) is 3.44. The Balaban J connectivity index is 1.93. The molecule has 0 atom stereocenters. The highest BCUT2D eigenvalue weighted by Crippen LogP contribution is 2.45. The molecule has 4 heteroatoms. The molecule has 0 N–H and O–H groups in total. The van der Waals surface area contributed by atoms with Gasteiger partial charge in [0.25, 0.3) is 0 Å². The van der Waals surface area contributed by atoms with Crippen LogP contribution in [0.3, 0.4) is 0 Å². The predicted molar refractivity (Wildman–Crippen MR) is 104 cm³/mol. The molecule has 0 bridgehead atoms. The number of pyridine rings is 1. The molecule has 0 radical (unpaired) electrons. The Kier molecular flexibility index (Phi) is 4.22. The predicted octanol–water partition coefficient (Wildman–Crippen LogP) is 5.87. The summed E-state index contributed by atoms with van der Waals surface area (Å²) in [5.74, 6) is -0.379. The lowest BCUT2D eigenvalue weighted by atomic mass is 9.94. The second-order valence-electron chi connectivity index (χ2n) is 8.08. The highest BCUT2D eigenvalue weighted by atomic mass is 19.1. The van der Waals surface area contributed by atoms with Gasteiger partial charge in [-0.1, -0.05) is 24.3 Å². The first kappa shape index (κ1) is 17.7. The molecular weight excluding hydrogens is 341 g/mol. The average molecular weight is 363 g/mol. The van der Waals surface area contributed by atoms with Crippen LogP contribution in [0, 0.1) is 5.82 Å². The number of aromatic nitrogens is 1. The number of carbonyl (C=O) groups is 1. The molecular formula is C23H22FNO2. The monoisotopic (exact) mass is 363 g/mol. The Morgan fingerprint density at radius 3 is 2.52 bits per heavy atom. The number of hydrogen-bond donors (Lipinski definition) is 0. The van der Waals surface area contributed by atoms with Gasteiger partial charge in [0.1, 0.15) is 11.4 Å². The molecule has 3 nitrogen and oxygen atoms in total. The quantitative estimate of drug-likeness (QED) is 0.546. The van der Waals surface area contributed by atoms with E-state index in [2.05, 4.69) is 4.98 Å². The second-order valence-corrected chi connectivity index (χ2v) is 8.08. The maximum Gasteiger partial charge on any atom is 0.358 e. The van der Waals surface area contributed by atoms with Crippen LogP contribution in [0.15, 0.2) is 48.5 Å². The summed E-state index contributed by atoms with van der Waals surface area (Å²) in [5, 5.41) is 0.936. The lowest BCUT2D eigenvalue weighted by molar-refractivity contribution is 0.00643. The molecule has 0 spiro atoms. The van der Waals surface area contributed by atoms with E-state index in [1.165, 1.54) is 6.07 Å². The van der Waals surface area contributed by atoms with Gasteiger partial charge in [-0.15, -0.1) is 0 Å². The van der Waals surface area contributed by atoms with Crippen molar-refractivity contribution >= 4 is 16.9 Å². The van der Waals surface area contributed by atoms with Gasteiger partial charge in [0, 0.05) is 10.9 Å². The number of ether oxygens (including phenoxy) is 1. The fourth-order valence-electron chi connectivity index (χ4n) is 3.31. The standard InChI is InChI=1S/C23H22FNO2/c1-23(2,3)27-22(26)21-19(12-15-6-4-5-7-20(15)25-21)17-11-10-16(24)13-18(17)14-8-9-14/h4-7,10-14H,8-9H2,1-3H3. The molecule has 1 fully saturated rings. The van der Waals surface area contributed by atoms with Crippen molar-refractivity contribution in [1.29, 1.82) is 0 Å². The third-order valence-electron chi connectivity index (χ3n) is 4.64. The number of benzene rings is 2. The summed E-state index contributed by atoms with van der Waals surface area (Å²) in [6.07, 6.45) is 2.08. The molecule has 27 heavy (non-hydrogen) atoms. The molecule has 138 valence electrons. The van der Waals surface area contributed by atoms with E-state index in [0.29, 0.717) is 11.5 Å². The van der Waals surface area contributed by atoms with Gasteiger partial charge in [-0.25, -0.2) is 14.2 Å². The van der Waals surface area contributed by atoms with Gasteiger partial charge < -0.3 is 4.74 Å². The molecule has 0 aliphatic heterocycles. The van der Waals surface area contributed by atoms with E-state index in [0.717, 1.165) is 34.9 Å². The zero-order valence-electron chi connectivity index (χ0n) is 15.8. The molecule has 1 heterocycles. The van der Waals surface area contributed by atoms with E-state index in [1.54, 1.807) is 12.1 Å². The third-order valence-corrected chi connectivity index (χ3v) is 4.64. The van der Waals surface area contributed by atoms with Crippen LogP contribution in [-0.2, 0) is 4.74 Å². The Hall–Kier alpha value is -2.75. The van der Waals surface area contributed by atoms with Gasteiger partial charge in [-0.05, 0) is 74.9 Å². The van der Waals surface area contributed by atoms with Crippen molar-refractivity contribution in [3.05, 3.63) is 65.6 Å². The van der Waals surface area contributed by atoms with Gasteiger partial charge in [0.05, 0.1) is 5.52 Å². The molecule has 2 aromatic carbocycles. The molecule has 1 saturated carbocycles. The number of fused-ring (bicyclic) bond motifs is 1. The van der Waals surface area contributed by atoms with Crippen LogP contribution in [0.4, 0.5) is 4.39 Å². The second kappa shape index (κ2) is 6.45. The van der Waals surface area contributed by atoms with Crippen molar-refractivity contribution in [3.8, 4) is 11.1 Å². The molecule has 0 unspecified atom stereocenters. The minimum atomic E-state index is -0.621. The van der Waals surface area contributed by atoms with E-state index in [4.69, 9.17) is 4.74 Å². The first-order valence-corrected chi connectivity index (χ1v) is 9.25. The first-order chi connectivity index (χ1) is 12.8. The molecule has 1 aromatic heterocycles. The summed E-state index contributed by atoms with van der Waals surface area (Å²) in [6, 6.07) is 14.4. The van der Waals surface area contributed by atoms with E-state index in [9.17, 15) is 9.18 Å². The maximum absolute atomic E-state index is 13.9. The van der Waals surface area contributed by atoms with Crippen LogP contribution in [0.1, 0.15) is 55.6 Å². The number of nitrogens with zero attached hydrogens (tertiary/aromatic N) is 1. The van der Waals surface area contributed by atoms with Crippen LogP contribution in [0.5, 0.6) is 0 Å². The third kappa shape index (κ3) is 3.70. The summed E-state index contributed by atoms with van der Waals surface area (Å²) in [6.45, 7) is 5.50. The topological polar surface area (TPSA) is 39.2 Å². The normalized spacial score (nSPS) is 14.4. The van der Waals surface area contributed by atoms with E-state index in [-0.39, 0.29) is 11.5 Å². The molecule has 3 aromatic rings. The maximum atomic E-state index is 13.9. The van der Waals surface area contributed by atoms with Crippen molar-refractivity contribution in [2.75, 3.05) is 0 Å². The Bertz CT molecular complexity index is 1030. The van der Waals surface area contributed by atoms with Crippen molar-refractivity contribution in [1.82, 2.24) is 4.98 Å². The zero-order chi connectivity index (χ0) is 19.2. The van der Waals surface area contributed by atoms with Gasteiger partial charge in [0.2, 0.25) is 0 Å². The summed E-state index contributed by atoms with van der Waals surface area (Å²) in [4.78, 5) is 17.5. The van der Waals surface area contributed by atoms with Crippen molar-refractivity contribution in [3.63, 3.8) is 0 Å². The van der Waals surface area contributed by atoms with Gasteiger partial charge in [0.15, 0.2) is 5.69 Å². The molecule has 1 aliphatic rings. The summed E-state index contributed by atoms with van der Waals surface area (Å²) in [5.41, 5.74) is 2.89. The minimum Gasteiger partial charge on any atom is -0.455 e. The Labute approximate surface area is 158 Å². The summed E-state index contributed by atoms with van der Waals surface area (Å²) < 4.78 is 19.5. The van der Waals surface area contributed by atoms with Gasteiger partial charge in [-0.3, -0.25) is 0 Å². The largest absolute Gasteiger partial charge is 0.455 e. The number of esters is 1. The van der Waals surface area contributed by atoms with Crippen LogP contribution in [0.25, 0.3) is 22.0 Å². The fraction of sp³-hybridized carbons (Fsp3) is 0.304. The van der Waals surface area contributed by atoms with Crippen LogP contribution < -0.4 is 0 Å². The minimum absolute atomic E-state index is 0.256.